The number of aryl methyl sites for hydroxylation is 2. The zero-order valence-corrected chi connectivity index (χ0v) is 12.4. The van der Waals surface area contributed by atoms with Gasteiger partial charge in [-0.3, -0.25) is 0 Å². The molecule has 0 unspecified atom stereocenters. The lowest BCUT2D eigenvalue weighted by Gasteiger charge is -2.08. The molecule has 2 rings (SSSR count). The van der Waals surface area contributed by atoms with Gasteiger partial charge in [0.15, 0.2) is 0 Å². The number of hydrogen-bond donors (Lipinski definition) is 1. The van der Waals surface area contributed by atoms with Gasteiger partial charge in [-0.25, -0.2) is 4.98 Å². The normalized spacial score (nSPS) is 10.6. The minimum atomic E-state index is 0.656. The quantitative estimate of drug-likeness (QED) is 0.786. The summed E-state index contributed by atoms with van der Waals surface area (Å²) in [7, 11) is 0. The number of aromatic nitrogens is 2. The fourth-order valence-corrected chi connectivity index (χ4v) is 2.51. The second-order valence-corrected chi connectivity index (χ2v) is 5.36. The van der Waals surface area contributed by atoms with Crippen molar-refractivity contribution in [2.75, 3.05) is 0 Å². The molecule has 1 aromatic carbocycles. The van der Waals surface area contributed by atoms with Crippen molar-refractivity contribution < 1.29 is 0 Å². The Kier molecular flexibility index (Phi) is 3.45. The van der Waals surface area contributed by atoms with E-state index in [0.717, 1.165) is 27.1 Å². The predicted octanol–water partition coefficient (Wildman–Crippen LogP) is 4.49. The summed E-state index contributed by atoms with van der Waals surface area (Å²) in [5, 5.41) is 0. The molecule has 0 aliphatic carbocycles. The molecule has 0 amide bonds. The minimum Gasteiger partial charge on any atom is -0.343 e. The SMILES string of the molecule is Cc1ccc(-c2nc(=S)c(C)c(C)[nH]2)c(Br)c1. The molecule has 2 nitrogen and oxygen atoms in total. The van der Waals surface area contributed by atoms with E-state index in [4.69, 9.17) is 12.2 Å². The van der Waals surface area contributed by atoms with Crippen molar-refractivity contribution in [2.45, 2.75) is 20.8 Å². The maximum Gasteiger partial charge on any atom is 0.140 e. The second-order valence-electron chi connectivity index (χ2n) is 4.12. The van der Waals surface area contributed by atoms with Gasteiger partial charge in [0.1, 0.15) is 10.5 Å². The maximum absolute atomic E-state index is 5.25. The summed E-state index contributed by atoms with van der Waals surface area (Å²) in [6.07, 6.45) is 0. The first-order valence-corrected chi connectivity index (χ1v) is 6.53. The monoisotopic (exact) mass is 308 g/mol. The van der Waals surface area contributed by atoms with Crippen LogP contribution in [0.4, 0.5) is 0 Å². The van der Waals surface area contributed by atoms with Crippen molar-refractivity contribution >= 4 is 28.1 Å². The van der Waals surface area contributed by atoms with Crippen molar-refractivity contribution in [3.8, 4) is 11.4 Å². The Bertz CT molecular complexity index is 632. The molecule has 0 aliphatic rings. The Hall–Kier alpha value is -1.00. The van der Waals surface area contributed by atoms with Gasteiger partial charge in [-0.05, 0) is 38.5 Å². The van der Waals surface area contributed by atoms with Gasteiger partial charge in [0.25, 0.3) is 0 Å². The Labute approximate surface area is 114 Å². The lowest BCUT2D eigenvalue weighted by molar-refractivity contribution is 1.06. The highest BCUT2D eigenvalue weighted by Crippen LogP contribution is 2.27. The van der Waals surface area contributed by atoms with E-state index in [1.54, 1.807) is 0 Å². The molecule has 2 aromatic rings. The zero-order valence-electron chi connectivity index (χ0n) is 9.97. The summed E-state index contributed by atoms with van der Waals surface area (Å²) >= 11 is 8.81. The number of halogens is 1. The van der Waals surface area contributed by atoms with E-state index in [9.17, 15) is 0 Å². The number of aromatic amines is 1. The van der Waals surface area contributed by atoms with Crippen LogP contribution in [0.15, 0.2) is 22.7 Å². The predicted molar refractivity (Wildman–Crippen MR) is 76.8 cm³/mol. The van der Waals surface area contributed by atoms with Gasteiger partial charge in [-0.15, -0.1) is 0 Å². The molecule has 0 saturated heterocycles. The lowest BCUT2D eigenvalue weighted by Crippen LogP contribution is -1.97. The van der Waals surface area contributed by atoms with Crippen molar-refractivity contribution in [3.05, 3.63) is 44.1 Å². The van der Waals surface area contributed by atoms with Gasteiger partial charge in [0, 0.05) is 21.3 Å². The first-order chi connectivity index (χ1) is 7.99. The third kappa shape index (κ3) is 2.48. The molecular formula is C13H13BrN2S. The average Bonchev–Trinajstić information content (AvgIpc) is 2.25. The molecule has 4 heteroatoms. The molecule has 17 heavy (non-hydrogen) atoms. The maximum atomic E-state index is 5.25. The first kappa shape index (κ1) is 12.5. The van der Waals surface area contributed by atoms with Gasteiger partial charge < -0.3 is 4.98 Å². The van der Waals surface area contributed by atoms with Crippen LogP contribution in [-0.2, 0) is 0 Å². The summed E-state index contributed by atoms with van der Waals surface area (Å²) in [6.45, 7) is 6.05. The van der Waals surface area contributed by atoms with Crippen LogP contribution in [0, 0.1) is 25.4 Å². The van der Waals surface area contributed by atoms with Crippen molar-refractivity contribution in [1.29, 1.82) is 0 Å². The van der Waals surface area contributed by atoms with E-state index in [-0.39, 0.29) is 0 Å². The average molecular weight is 309 g/mol. The highest BCUT2D eigenvalue weighted by atomic mass is 79.9. The molecule has 0 radical (unpaired) electrons. The van der Waals surface area contributed by atoms with E-state index in [1.165, 1.54) is 5.56 Å². The third-order valence-corrected chi connectivity index (χ3v) is 3.84. The van der Waals surface area contributed by atoms with E-state index < -0.39 is 0 Å². The van der Waals surface area contributed by atoms with Gasteiger partial charge >= 0.3 is 0 Å². The van der Waals surface area contributed by atoms with Gasteiger partial charge in [-0.1, -0.05) is 34.2 Å². The number of benzene rings is 1. The van der Waals surface area contributed by atoms with Crippen LogP contribution in [0.25, 0.3) is 11.4 Å². The van der Waals surface area contributed by atoms with E-state index in [0.29, 0.717) is 4.64 Å². The molecule has 1 N–H and O–H groups in total. The summed E-state index contributed by atoms with van der Waals surface area (Å²) in [5.74, 6) is 0.810. The van der Waals surface area contributed by atoms with Crippen molar-refractivity contribution in [2.24, 2.45) is 0 Å². The summed E-state index contributed by atoms with van der Waals surface area (Å²) in [5.41, 5.74) is 4.34. The van der Waals surface area contributed by atoms with Gasteiger partial charge in [0.05, 0.1) is 0 Å². The highest BCUT2D eigenvalue weighted by molar-refractivity contribution is 9.10. The summed E-state index contributed by atoms with van der Waals surface area (Å²) in [6, 6.07) is 6.18. The molecule has 0 bridgehead atoms. The molecule has 0 atom stereocenters. The molecule has 0 spiro atoms. The Morgan fingerprint density at radius 3 is 2.53 bits per heavy atom. The van der Waals surface area contributed by atoms with Crippen LogP contribution >= 0.6 is 28.1 Å². The van der Waals surface area contributed by atoms with Gasteiger partial charge in [0.2, 0.25) is 0 Å². The summed E-state index contributed by atoms with van der Waals surface area (Å²) < 4.78 is 1.68. The molecule has 1 aromatic heterocycles. The zero-order chi connectivity index (χ0) is 12.6. The van der Waals surface area contributed by atoms with E-state index in [1.807, 2.05) is 19.9 Å². The lowest BCUT2D eigenvalue weighted by atomic mass is 10.1. The van der Waals surface area contributed by atoms with Gasteiger partial charge in [-0.2, -0.15) is 0 Å². The fraction of sp³-hybridized carbons (Fsp3) is 0.231. The van der Waals surface area contributed by atoms with Crippen LogP contribution < -0.4 is 0 Å². The number of hydrogen-bond acceptors (Lipinski definition) is 2. The Morgan fingerprint density at radius 1 is 1.24 bits per heavy atom. The second kappa shape index (κ2) is 4.70. The molecule has 1 heterocycles. The number of nitrogens with one attached hydrogen (secondary N) is 1. The Morgan fingerprint density at radius 2 is 1.94 bits per heavy atom. The van der Waals surface area contributed by atoms with E-state index in [2.05, 4.69) is 45.0 Å². The molecule has 88 valence electrons. The fourth-order valence-electron chi connectivity index (χ4n) is 1.58. The first-order valence-electron chi connectivity index (χ1n) is 5.33. The van der Waals surface area contributed by atoms with Crippen LogP contribution in [0.3, 0.4) is 0 Å². The van der Waals surface area contributed by atoms with Crippen LogP contribution in [0.2, 0.25) is 0 Å². The standard InChI is InChI=1S/C13H13BrN2S/c1-7-4-5-10(11(14)6-7)12-15-9(3)8(2)13(17)16-12/h4-6H,1-3H3,(H,15,16,17). The largest absolute Gasteiger partial charge is 0.343 e. The smallest absolute Gasteiger partial charge is 0.140 e. The topological polar surface area (TPSA) is 28.7 Å². The summed E-state index contributed by atoms with van der Waals surface area (Å²) in [4.78, 5) is 7.71. The minimum absolute atomic E-state index is 0.656. The molecule has 0 fully saturated rings. The van der Waals surface area contributed by atoms with E-state index >= 15 is 0 Å². The highest BCUT2D eigenvalue weighted by Gasteiger charge is 2.07. The van der Waals surface area contributed by atoms with Crippen molar-refractivity contribution in [3.63, 3.8) is 0 Å². The Balaban J connectivity index is 2.65. The third-order valence-electron chi connectivity index (χ3n) is 2.78. The van der Waals surface area contributed by atoms with Crippen molar-refractivity contribution in [1.82, 2.24) is 9.97 Å². The number of rotatable bonds is 1. The molecule has 0 saturated carbocycles. The van der Waals surface area contributed by atoms with Crippen LogP contribution in [0.1, 0.15) is 16.8 Å². The molecule has 0 aliphatic heterocycles. The molecular weight excluding hydrogens is 296 g/mol. The van der Waals surface area contributed by atoms with Crippen LogP contribution in [0.5, 0.6) is 0 Å². The number of nitrogens with zero attached hydrogens (tertiary/aromatic N) is 1. The van der Waals surface area contributed by atoms with Crippen LogP contribution in [-0.4, -0.2) is 9.97 Å². The number of H-pyrrole nitrogens is 1.